The predicted molar refractivity (Wildman–Crippen MR) is 93.1 cm³/mol. The Morgan fingerprint density at radius 3 is 2.75 bits per heavy atom. The topological polar surface area (TPSA) is 40.5 Å². The summed E-state index contributed by atoms with van der Waals surface area (Å²) < 4.78 is 26.0. The number of nitrogens with zero attached hydrogens (tertiary/aromatic N) is 1. The Morgan fingerprint density at radius 1 is 1.25 bits per heavy atom. The summed E-state index contributed by atoms with van der Waals surface area (Å²) in [6.45, 7) is 4.90. The van der Waals surface area contributed by atoms with Gasteiger partial charge in [-0.1, -0.05) is 12.1 Å². The van der Waals surface area contributed by atoms with Crippen molar-refractivity contribution in [1.82, 2.24) is 4.90 Å². The second-order valence-corrected chi connectivity index (χ2v) is 7.73. The van der Waals surface area contributed by atoms with Gasteiger partial charge < -0.3 is 10.0 Å². The number of likely N-dealkylation sites (tertiary alicyclic amines) is 1. The van der Waals surface area contributed by atoms with Crippen molar-refractivity contribution in [3.05, 3.63) is 59.4 Å². The molecule has 24 heavy (non-hydrogen) atoms. The van der Waals surface area contributed by atoms with Crippen molar-refractivity contribution >= 4 is 10.8 Å². The third kappa shape index (κ3) is 3.74. The van der Waals surface area contributed by atoms with Crippen LogP contribution in [0.3, 0.4) is 0 Å². The first kappa shape index (κ1) is 17.3. The summed E-state index contributed by atoms with van der Waals surface area (Å²) in [4.78, 5) is 3.45. The molecular weight excluding hydrogens is 325 g/mol. The minimum Gasteiger partial charge on any atom is -0.395 e. The number of aliphatic hydroxyl groups is 1. The van der Waals surface area contributed by atoms with Gasteiger partial charge in [0.2, 0.25) is 0 Å². The van der Waals surface area contributed by atoms with E-state index in [1.165, 1.54) is 17.7 Å². The molecule has 2 unspecified atom stereocenters. The average molecular weight is 347 g/mol. The van der Waals surface area contributed by atoms with E-state index in [0.29, 0.717) is 15.7 Å². The Kier molecular flexibility index (Phi) is 5.43. The summed E-state index contributed by atoms with van der Waals surface area (Å²) >= 11 is 0. The Morgan fingerprint density at radius 2 is 2.04 bits per heavy atom. The molecule has 3 nitrogen and oxygen atoms in total. The van der Waals surface area contributed by atoms with E-state index in [4.69, 9.17) is 5.11 Å². The smallest absolute Gasteiger partial charge is 0.124 e. The fourth-order valence-electron chi connectivity index (χ4n) is 3.37. The maximum Gasteiger partial charge on any atom is 0.124 e. The van der Waals surface area contributed by atoms with E-state index in [9.17, 15) is 8.60 Å². The lowest BCUT2D eigenvalue weighted by Crippen LogP contribution is -2.23. The Labute approximate surface area is 144 Å². The predicted octanol–water partition coefficient (Wildman–Crippen LogP) is 3.08. The van der Waals surface area contributed by atoms with E-state index >= 15 is 0 Å². The molecule has 128 valence electrons. The van der Waals surface area contributed by atoms with Crippen molar-refractivity contribution in [2.75, 3.05) is 26.2 Å². The lowest BCUT2D eigenvalue weighted by atomic mass is 9.94. The molecule has 0 aromatic heterocycles. The number of rotatable bonds is 5. The Hall–Kier alpha value is -1.56. The molecule has 0 radical (unpaired) electrons. The highest BCUT2D eigenvalue weighted by Gasteiger charge is 2.24. The van der Waals surface area contributed by atoms with E-state index < -0.39 is 10.8 Å². The van der Waals surface area contributed by atoms with Crippen LogP contribution in [0.4, 0.5) is 4.39 Å². The van der Waals surface area contributed by atoms with Gasteiger partial charge in [-0.25, -0.2) is 8.60 Å². The van der Waals surface area contributed by atoms with Crippen LogP contribution >= 0.6 is 0 Å². The molecule has 1 aliphatic rings. The first-order chi connectivity index (χ1) is 11.6. The van der Waals surface area contributed by atoms with Gasteiger partial charge in [0.25, 0.3) is 0 Å². The largest absolute Gasteiger partial charge is 0.395 e. The number of hydrogen-bond donors (Lipinski definition) is 1. The van der Waals surface area contributed by atoms with E-state index in [1.807, 2.05) is 19.1 Å². The van der Waals surface area contributed by atoms with Crippen molar-refractivity contribution in [3.8, 4) is 0 Å². The van der Waals surface area contributed by atoms with Crippen LogP contribution in [-0.4, -0.2) is 40.5 Å². The second kappa shape index (κ2) is 7.55. The summed E-state index contributed by atoms with van der Waals surface area (Å²) in [5.41, 5.74) is 2.39. The van der Waals surface area contributed by atoms with E-state index in [0.717, 1.165) is 31.6 Å². The van der Waals surface area contributed by atoms with Crippen LogP contribution in [0.25, 0.3) is 0 Å². The van der Waals surface area contributed by atoms with Gasteiger partial charge in [0.1, 0.15) is 5.82 Å². The molecule has 2 aromatic rings. The molecule has 1 heterocycles. The third-order valence-electron chi connectivity index (χ3n) is 4.59. The van der Waals surface area contributed by atoms with Gasteiger partial charge in [-0.15, -0.1) is 0 Å². The molecule has 1 N–H and O–H groups in total. The minimum absolute atomic E-state index is 0.192. The fraction of sp³-hybridized carbons (Fsp3) is 0.368. The summed E-state index contributed by atoms with van der Waals surface area (Å²) in [5, 5.41) is 9.06. The van der Waals surface area contributed by atoms with Crippen LogP contribution < -0.4 is 0 Å². The van der Waals surface area contributed by atoms with Crippen LogP contribution in [-0.2, 0) is 10.8 Å². The van der Waals surface area contributed by atoms with Gasteiger partial charge in [-0.3, -0.25) is 0 Å². The fourth-order valence-corrected chi connectivity index (χ4v) is 4.54. The highest BCUT2D eigenvalue weighted by Crippen LogP contribution is 2.31. The SMILES string of the molecule is Cc1cc(S(=O)c2cccc(F)c2)ccc1C1CCN(CCO)C1. The average Bonchev–Trinajstić information content (AvgIpc) is 3.03. The Bertz CT molecular complexity index is 750. The van der Waals surface area contributed by atoms with Crippen LogP contribution in [0.1, 0.15) is 23.5 Å². The van der Waals surface area contributed by atoms with Gasteiger partial charge in [-0.2, -0.15) is 0 Å². The standard InChI is InChI=1S/C19H22FNO2S/c1-14-11-18(24(23)17-4-2-3-16(20)12-17)5-6-19(14)15-7-8-21(13-15)9-10-22/h2-6,11-12,15,22H,7-10,13H2,1H3. The zero-order valence-corrected chi connectivity index (χ0v) is 14.6. The van der Waals surface area contributed by atoms with Gasteiger partial charge >= 0.3 is 0 Å². The zero-order chi connectivity index (χ0) is 17.1. The van der Waals surface area contributed by atoms with Gasteiger partial charge in [0.15, 0.2) is 0 Å². The number of aryl methyl sites for hydroxylation is 1. The van der Waals surface area contributed by atoms with Crippen LogP contribution in [0.2, 0.25) is 0 Å². The maximum atomic E-state index is 13.3. The molecule has 0 spiro atoms. The van der Waals surface area contributed by atoms with Crippen molar-refractivity contribution < 1.29 is 13.7 Å². The second-order valence-electron chi connectivity index (χ2n) is 6.25. The molecule has 1 aliphatic heterocycles. The van der Waals surface area contributed by atoms with Gasteiger partial charge in [-0.05, 0) is 67.3 Å². The molecule has 0 amide bonds. The van der Waals surface area contributed by atoms with Crippen LogP contribution in [0.15, 0.2) is 52.3 Å². The maximum absolute atomic E-state index is 13.3. The number of hydrogen-bond acceptors (Lipinski definition) is 3. The molecule has 1 fully saturated rings. The number of benzene rings is 2. The normalized spacial score (nSPS) is 19.5. The zero-order valence-electron chi connectivity index (χ0n) is 13.7. The molecule has 5 heteroatoms. The molecule has 0 aliphatic carbocycles. The summed E-state index contributed by atoms with van der Waals surface area (Å²) in [6.07, 6.45) is 1.08. The molecule has 1 saturated heterocycles. The van der Waals surface area contributed by atoms with Crippen LogP contribution in [0, 0.1) is 12.7 Å². The highest BCUT2D eigenvalue weighted by atomic mass is 32.2. The van der Waals surface area contributed by atoms with E-state index in [-0.39, 0.29) is 12.4 Å². The molecule has 3 rings (SSSR count). The lowest BCUT2D eigenvalue weighted by Gasteiger charge is -2.16. The van der Waals surface area contributed by atoms with Gasteiger partial charge in [0.05, 0.1) is 17.4 Å². The van der Waals surface area contributed by atoms with Crippen molar-refractivity contribution in [2.24, 2.45) is 0 Å². The molecule has 2 atom stereocenters. The monoisotopic (exact) mass is 347 g/mol. The van der Waals surface area contributed by atoms with Crippen molar-refractivity contribution in [2.45, 2.75) is 29.1 Å². The van der Waals surface area contributed by atoms with Crippen molar-refractivity contribution in [1.29, 1.82) is 0 Å². The number of β-amino-alcohol motifs (C(OH)–C–C–N with tert-alkyl or cyclic N) is 1. The molecule has 2 aromatic carbocycles. The first-order valence-corrected chi connectivity index (χ1v) is 9.34. The number of halogens is 1. The Balaban J connectivity index is 1.79. The summed E-state index contributed by atoms with van der Waals surface area (Å²) in [5.74, 6) is 0.0809. The minimum atomic E-state index is -1.37. The third-order valence-corrected chi connectivity index (χ3v) is 5.96. The quantitative estimate of drug-likeness (QED) is 0.904. The van der Waals surface area contributed by atoms with Gasteiger partial charge in [0, 0.05) is 22.9 Å². The molecular formula is C19H22FNO2S. The van der Waals surface area contributed by atoms with E-state index in [2.05, 4.69) is 11.0 Å². The number of aliphatic hydroxyl groups excluding tert-OH is 1. The summed E-state index contributed by atoms with van der Waals surface area (Å²) in [6, 6.07) is 11.8. The highest BCUT2D eigenvalue weighted by molar-refractivity contribution is 7.85. The van der Waals surface area contributed by atoms with Crippen LogP contribution in [0.5, 0.6) is 0 Å². The molecule has 0 bridgehead atoms. The lowest BCUT2D eigenvalue weighted by molar-refractivity contribution is 0.220. The van der Waals surface area contributed by atoms with Crippen molar-refractivity contribution in [3.63, 3.8) is 0 Å². The summed E-state index contributed by atoms with van der Waals surface area (Å²) in [7, 11) is -1.37. The van der Waals surface area contributed by atoms with E-state index in [1.54, 1.807) is 12.1 Å². The first-order valence-electron chi connectivity index (χ1n) is 8.19. The molecule has 0 saturated carbocycles.